The first-order valence-corrected chi connectivity index (χ1v) is 11.5. The third-order valence-electron chi connectivity index (χ3n) is 6.52. The maximum atomic E-state index is 13.5. The van der Waals surface area contributed by atoms with Gasteiger partial charge in [0.15, 0.2) is 0 Å². The molecule has 2 aliphatic rings. The van der Waals surface area contributed by atoms with E-state index >= 15 is 0 Å². The zero-order valence-corrected chi connectivity index (χ0v) is 18.6. The lowest BCUT2D eigenvalue weighted by Gasteiger charge is -2.34. The highest BCUT2D eigenvalue weighted by Gasteiger charge is 2.40. The molecular formula is C22H29BrF4N2O. The number of carbonyl (C=O) groups excluding carboxylic acids is 1. The molecule has 2 fully saturated rings. The monoisotopic (exact) mass is 492 g/mol. The summed E-state index contributed by atoms with van der Waals surface area (Å²) in [5.41, 5.74) is 1.03. The molecular weight excluding hydrogens is 464 g/mol. The molecule has 0 aromatic heterocycles. The molecule has 1 amide bonds. The van der Waals surface area contributed by atoms with E-state index in [1.165, 1.54) is 6.07 Å². The van der Waals surface area contributed by atoms with E-state index in [2.05, 4.69) is 26.1 Å². The Bertz CT molecular complexity index is 712. The van der Waals surface area contributed by atoms with Crippen molar-refractivity contribution >= 4 is 21.8 Å². The largest absolute Gasteiger partial charge is 0.471 e. The van der Waals surface area contributed by atoms with E-state index in [-0.39, 0.29) is 11.9 Å². The van der Waals surface area contributed by atoms with E-state index in [1.807, 2.05) is 0 Å². The maximum Gasteiger partial charge on any atom is 0.471 e. The van der Waals surface area contributed by atoms with Gasteiger partial charge in [-0.2, -0.15) is 13.2 Å². The number of carbonyl (C=O) groups is 1. The minimum absolute atomic E-state index is 0.196. The summed E-state index contributed by atoms with van der Waals surface area (Å²) in [6, 6.07) is 4.49. The van der Waals surface area contributed by atoms with E-state index in [4.69, 9.17) is 0 Å². The Kier molecular flexibility index (Phi) is 8.18. The van der Waals surface area contributed by atoms with Crippen LogP contribution < -0.4 is 5.32 Å². The molecule has 0 spiro atoms. The van der Waals surface area contributed by atoms with Crippen molar-refractivity contribution in [2.24, 2.45) is 11.8 Å². The predicted octanol–water partition coefficient (Wildman–Crippen LogP) is 5.47. The number of alkyl halides is 3. The van der Waals surface area contributed by atoms with Crippen LogP contribution in [0.15, 0.2) is 22.7 Å². The molecule has 30 heavy (non-hydrogen) atoms. The van der Waals surface area contributed by atoms with Gasteiger partial charge < -0.3 is 10.2 Å². The van der Waals surface area contributed by atoms with Crippen LogP contribution in [-0.2, 0) is 11.2 Å². The van der Waals surface area contributed by atoms with Gasteiger partial charge in [0.25, 0.3) is 0 Å². The standard InChI is InChI=1S/C22H29BrF4N2O/c23-20-6-3-18(24)14-17(20)13-16-8-11-29(12-9-16)10-7-15-1-4-19(5-2-15)28-21(30)22(25,26)27/h3,6,14-16,19H,1-2,4-5,7-13H2,(H,28,30)/t15-,19-. The first kappa shape index (κ1) is 23.5. The molecule has 0 bridgehead atoms. The topological polar surface area (TPSA) is 32.3 Å². The van der Waals surface area contributed by atoms with E-state index in [1.54, 1.807) is 12.1 Å². The summed E-state index contributed by atoms with van der Waals surface area (Å²) in [4.78, 5) is 13.5. The molecule has 1 aromatic rings. The van der Waals surface area contributed by atoms with Crippen molar-refractivity contribution in [1.29, 1.82) is 0 Å². The van der Waals surface area contributed by atoms with Gasteiger partial charge in [-0.1, -0.05) is 15.9 Å². The number of halogens is 5. The van der Waals surface area contributed by atoms with Gasteiger partial charge in [-0.15, -0.1) is 0 Å². The number of hydrogen-bond acceptors (Lipinski definition) is 2. The fourth-order valence-electron chi connectivity index (χ4n) is 4.65. The van der Waals surface area contributed by atoms with Crippen LogP contribution in [0.2, 0.25) is 0 Å². The highest BCUT2D eigenvalue weighted by atomic mass is 79.9. The van der Waals surface area contributed by atoms with Crippen LogP contribution in [-0.4, -0.2) is 42.7 Å². The second-order valence-electron chi connectivity index (χ2n) is 8.70. The summed E-state index contributed by atoms with van der Waals surface area (Å²) in [6.45, 7) is 3.09. The van der Waals surface area contributed by atoms with Crippen molar-refractivity contribution in [2.75, 3.05) is 19.6 Å². The van der Waals surface area contributed by atoms with E-state index in [9.17, 15) is 22.4 Å². The number of hydrogen-bond donors (Lipinski definition) is 1. The molecule has 0 unspecified atom stereocenters. The number of benzene rings is 1. The molecule has 1 aliphatic carbocycles. The molecule has 8 heteroatoms. The minimum Gasteiger partial charge on any atom is -0.346 e. The molecule has 1 heterocycles. The highest BCUT2D eigenvalue weighted by Crippen LogP contribution is 2.30. The third-order valence-corrected chi connectivity index (χ3v) is 7.29. The summed E-state index contributed by atoms with van der Waals surface area (Å²) in [6.07, 6.45) is 2.32. The van der Waals surface area contributed by atoms with Gasteiger partial charge in [0.2, 0.25) is 0 Å². The molecule has 1 aliphatic heterocycles. The lowest BCUT2D eigenvalue weighted by atomic mass is 9.83. The number of rotatable bonds is 6. The summed E-state index contributed by atoms with van der Waals surface area (Å²) in [5.74, 6) is -0.936. The lowest BCUT2D eigenvalue weighted by molar-refractivity contribution is -0.174. The molecule has 1 saturated carbocycles. The minimum atomic E-state index is -4.80. The van der Waals surface area contributed by atoms with Crippen molar-refractivity contribution in [2.45, 2.75) is 63.6 Å². The van der Waals surface area contributed by atoms with Crippen molar-refractivity contribution < 1.29 is 22.4 Å². The first-order valence-electron chi connectivity index (χ1n) is 10.7. The second kappa shape index (κ2) is 10.4. The quantitative estimate of drug-likeness (QED) is 0.534. The van der Waals surface area contributed by atoms with Crippen LogP contribution in [0.3, 0.4) is 0 Å². The van der Waals surface area contributed by atoms with Crippen molar-refractivity contribution in [3.05, 3.63) is 34.1 Å². The number of nitrogens with one attached hydrogen (secondary N) is 1. The SMILES string of the molecule is O=C(N[C@H]1CC[C@H](CCN2CCC(Cc3cc(F)ccc3Br)CC2)CC1)C(F)(F)F. The molecule has 3 rings (SSSR count). The number of likely N-dealkylation sites (tertiary alicyclic amines) is 1. The van der Waals surface area contributed by atoms with Crippen LogP contribution in [0.1, 0.15) is 50.5 Å². The van der Waals surface area contributed by atoms with Gasteiger partial charge in [0.05, 0.1) is 0 Å². The van der Waals surface area contributed by atoms with Gasteiger partial charge in [-0.3, -0.25) is 4.79 Å². The average Bonchev–Trinajstić information content (AvgIpc) is 2.70. The summed E-state index contributed by atoms with van der Waals surface area (Å²) < 4.78 is 51.5. The molecule has 1 N–H and O–H groups in total. The van der Waals surface area contributed by atoms with Crippen LogP contribution in [0.4, 0.5) is 17.6 Å². The van der Waals surface area contributed by atoms with Gasteiger partial charge in [-0.05, 0) is 107 Å². The molecule has 1 saturated heterocycles. The maximum absolute atomic E-state index is 13.5. The second-order valence-corrected chi connectivity index (χ2v) is 9.56. The first-order chi connectivity index (χ1) is 14.2. The fraction of sp³-hybridized carbons (Fsp3) is 0.682. The molecule has 3 nitrogen and oxygen atoms in total. The van der Waals surface area contributed by atoms with Gasteiger partial charge in [0, 0.05) is 10.5 Å². The Labute approximate surface area is 183 Å². The molecule has 0 radical (unpaired) electrons. The Morgan fingerprint density at radius 3 is 2.37 bits per heavy atom. The van der Waals surface area contributed by atoms with Crippen LogP contribution in [0.25, 0.3) is 0 Å². The normalized spacial score (nSPS) is 24.0. The van der Waals surface area contributed by atoms with Crippen molar-refractivity contribution in [3.8, 4) is 0 Å². The molecule has 1 aromatic carbocycles. The average molecular weight is 493 g/mol. The van der Waals surface area contributed by atoms with Gasteiger partial charge in [-0.25, -0.2) is 4.39 Å². The number of piperidine rings is 1. The Morgan fingerprint density at radius 1 is 1.07 bits per heavy atom. The highest BCUT2D eigenvalue weighted by molar-refractivity contribution is 9.10. The lowest BCUT2D eigenvalue weighted by Crippen LogP contribution is -2.44. The molecule has 168 valence electrons. The van der Waals surface area contributed by atoms with Crippen molar-refractivity contribution in [3.63, 3.8) is 0 Å². The number of nitrogens with zero attached hydrogens (tertiary/aromatic N) is 1. The van der Waals surface area contributed by atoms with Crippen LogP contribution in [0, 0.1) is 17.7 Å². The van der Waals surface area contributed by atoms with Crippen LogP contribution in [0.5, 0.6) is 0 Å². The smallest absolute Gasteiger partial charge is 0.346 e. The summed E-state index contributed by atoms with van der Waals surface area (Å²) >= 11 is 3.51. The Balaban J connectivity index is 1.33. The van der Waals surface area contributed by atoms with E-state index < -0.39 is 12.1 Å². The predicted molar refractivity (Wildman–Crippen MR) is 112 cm³/mol. The van der Waals surface area contributed by atoms with E-state index in [0.717, 1.165) is 68.2 Å². The van der Waals surface area contributed by atoms with E-state index in [0.29, 0.717) is 24.7 Å². The van der Waals surface area contributed by atoms with Crippen LogP contribution >= 0.6 is 15.9 Å². The fourth-order valence-corrected chi connectivity index (χ4v) is 5.06. The zero-order chi connectivity index (χ0) is 21.7. The Hall–Kier alpha value is -1.15. The number of amides is 1. The van der Waals surface area contributed by atoms with Gasteiger partial charge in [0.1, 0.15) is 5.82 Å². The molecule has 0 atom stereocenters. The summed E-state index contributed by atoms with van der Waals surface area (Å²) in [7, 11) is 0. The third kappa shape index (κ3) is 6.94. The van der Waals surface area contributed by atoms with Crippen molar-refractivity contribution in [1.82, 2.24) is 10.2 Å². The van der Waals surface area contributed by atoms with Gasteiger partial charge >= 0.3 is 12.1 Å². The Morgan fingerprint density at radius 2 is 1.73 bits per heavy atom. The summed E-state index contributed by atoms with van der Waals surface area (Å²) in [5, 5.41) is 2.12. The zero-order valence-electron chi connectivity index (χ0n) is 17.0.